The quantitative estimate of drug-likeness (QED) is 0.904. The molecule has 0 saturated heterocycles. The maximum atomic E-state index is 13.0. The van der Waals surface area contributed by atoms with Gasteiger partial charge in [0.25, 0.3) is 5.56 Å². The summed E-state index contributed by atoms with van der Waals surface area (Å²) in [4.78, 5) is 27.7. The van der Waals surface area contributed by atoms with E-state index in [4.69, 9.17) is 0 Å². The largest absolute Gasteiger partial charge is 0.336 e. The third kappa shape index (κ3) is 3.91. The Morgan fingerprint density at radius 1 is 1.36 bits per heavy atom. The minimum absolute atomic E-state index is 0.125. The van der Waals surface area contributed by atoms with Crippen molar-refractivity contribution in [3.63, 3.8) is 0 Å². The highest BCUT2D eigenvalue weighted by molar-refractivity contribution is 5.89. The van der Waals surface area contributed by atoms with Gasteiger partial charge in [-0.05, 0) is 32.0 Å². The van der Waals surface area contributed by atoms with E-state index in [1.165, 1.54) is 29.1 Å². The normalized spacial score (nSPS) is 10.3. The molecule has 0 radical (unpaired) electrons. The third-order valence-corrected chi connectivity index (χ3v) is 3.24. The molecule has 116 valence electrons. The predicted octanol–water partition coefficient (Wildman–Crippen LogP) is 1.82. The Morgan fingerprint density at radius 2 is 2.14 bits per heavy atom. The number of aromatic nitrogens is 2. The molecule has 0 fully saturated rings. The van der Waals surface area contributed by atoms with Crippen LogP contribution in [-0.4, -0.2) is 22.1 Å². The highest BCUT2D eigenvalue weighted by Gasteiger charge is 2.05. The first-order valence-corrected chi connectivity index (χ1v) is 6.80. The van der Waals surface area contributed by atoms with Crippen LogP contribution in [0.15, 0.2) is 35.4 Å². The molecule has 2 amide bonds. The molecule has 1 heterocycles. The van der Waals surface area contributed by atoms with Crippen LogP contribution in [0.4, 0.5) is 14.9 Å². The van der Waals surface area contributed by atoms with E-state index in [0.29, 0.717) is 23.5 Å². The lowest BCUT2D eigenvalue weighted by molar-refractivity contribution is 0.251. The van der Waals surface area contributed by atoms with Gasteiger partial charge in [0.15, 0.2) is 0 Å². The van der Waals surface area contributed by atoms with Crippen molar-refractivity contribution in [2.45, 2.75) is 20.4 Å². The zero-order chi connectivity index (χ0) is 16.1. The Labute approximate surface area is 127 Å². The highest BCUT2D eigenvalue weighted by atomic mass is 19.1. The Kier molecular flexibility index (Phi) is 4.88. The summed E-state index contributed by atoms with van der Waals surface area (Å²) in [6.45, 7) is 4.05. The molecule has 1 aromatic carbocycles. The number of halogens is 1. The molecule has 0 bridgehead atoms. The van der Waals surface area contributed by atoms with Crippen LogP contribution in [0.2, 0.25) is 0 Å². The lowest BCUT2D eigenvalue weighted by atomic mass is 10.3. The Bertz CT molecular complexity index is 743. The van der Waals surface area contributed by atoms with Crippen LogP contribution in [0.1, 0.15) is 11.3 Å². The molecule has 6 nitrogen and oxygen atoms in total. The maximum absolute atomic E-state index is 13.0. The summed E-state index contributed by atoms with van der Waals surface area (Å²) in [6, 6.07) is 5.14. The number of carbonyl (C=O) groups excluding carboxylic acids is 1. The number of amides is 2. The van der Waals surface area contributed by atoms with Crippen molar-refractivity contribution in [1.82, 2.24) is 14.9 Å². The number of hydrogen-bond donors (Lipinski definition) is 2. The molecule has 0 spiro atoms. The van der Waals surface area contributed by atoms with Gasteiger partial charge in [0.1, 0.15) is 5.82 Å². The molecule has 0 atom stereocenters. The average molecular weight is 304 g/mol. The number of carbonyl (C=O) groups is 1. The van der Waals surface area contributed by atoms with Gasteiger partial charge in [0.05, 0.1) is 6.33 Å². The minimum atomic E-state index is -0.463. The van der Waals surface area contributed by atoms with Crippen LogP contribution in [0.25, 0.3) is 0 Å². The van der Waals surface area contributed by atoms with Gasteiger partial charge in [-0.2, -0.15) is 0 Å². The number of nitrogens with zero attached hydrogens (tertiary/aromatic N) is 2. The maximum Gasteiger partial charge on any atom is 0.319 e. The number of nitrogens with one attached hydrogen (secondary N) is 2. The summed E-state index contributed by atoms with van der Waals surface area (Å²) in [5, 5.41) is 5.11. The first kappa shape index (κ1) is 15.7. The smallest absolute Gasteiger partial charge is 0.319 e. The fourth-order valence-corrected chi connectivity index (χ4v) is 1.87. The van der Waals surface area contributed by atoms with E-state index in [-0.39, 0.29) is 12.1 Å². The van der Waals surface area contributed by atoms with Crippen LogP contribution in [-0.2, 0) is 6.54 Å². The fraction of sp³-hybridized carbons (Fsp3) is 0.267. The standard InChI is InChI=1S/C15H17FN4O2/c1-10-11(2)18-9-20(14(10)21)7-6-17-15(22)19-13-5-3-4-12(16)8-13/h3-5,8-9H,6-7H2,1-2H3,(H2,17,19,22). The first-order chi connectivity index (χ1) is 10.5. The molecule has 7 heteroatoms. The molecule has 22 heavy (non-hydrogen) atoms. The molecule has 1 aromatic heterocycles. The van der Waals surface area contributed by atoms with Gasteiger partial charge in [-0.25, -0.2) is 14.2 Å². The molecule has 0 saturated carbocycles. The van der Waals surface area contributed by atoms with Gasteiger partial charge in [-0.1, -0.05) is 6.07 Å². The first-order valence-electron chi connectivity index (χ1n) is 6.80. The monoisotopic (exact) mass is 304 g/mol. The summed E-state index contributed by atoms with van der Waals surface area (Å²) >= 11 is 0. The highest BCUT2D eigenvalue weighted by Crippen LogP contribution is 2.08. The summed E-state index contributed by atoms with van der Waals surface area (Å²) in [6.07, 6.45) is 1.46. The van der Waals surface area contributed by atoms with Crippen molar-refractivity contribution < 1.29 is 9.18 Å². The minimum Gasteiger partial charge on any atom is -0.336 e. The van der Waals surface area contributed by atoms with Crippen LogP contribution in [0, 0.1) is 19.7 Å². The number of aryl methyl sites for hydroxylation is 1. The van der Waals surface area contributed by atoms with E-state index in [2.05, 4.69) is 15.6 Å². The van der Waals surface area contributed by atoms with E-state index < -0.39 is 11.8 Å². The second-order valence-electron chi connectivity index (χ2n) is 4.84. The van der Waals surface area contributed by atoms with Crippen LogP contribution >= 0.6 is 0 Å². The van der Waals surface area contributed by atoms with Crippen molar-refractivity contribution in [3.8, 4) is 0 Å². The zero-order valence-corrected chi connectivity index (χ0v) is 12.4. The summed E-state index contributed by atoms with van der Waals surface area (Å²) in [5.74, 6) is -0.425. The molecule has 2 N–H and O–H groups in total. The number of benzene rings is 1. The van der Waals surface area contributed by atoms with Crippen molar-refractivity contribution in [1.29, 1.82) is 0 Å². The van der Waals surface area contributed by atoms with Crippen LogP contribution in [0.3, 0.4) is 0 Å². The summed E-state index contributed by atoms with van der Waals surface area (Å²) in [5.41, 5.74) is 1.52. The molecular formula is C15H17FN4O2. The molecule has 2 rings (SSSR count). The van der Waals surface area contributed by atoms with E-state index >= 15 is 0 Å². The lowest BCUT2D eigenvalue weighted by Crippen LogP contribution is -2.34. The average Bonchev–Trinajstić information content (AvgIpc) is 2.47. The Balaban J connectivity index is 1.87. The van der Waals surface area contributed by atoms with E-state index in [0.717, 1.165) is 0 Å². The van der Waals surface area contributed by atoms with Gasteiger partial charge in [-0.3, -0.25) is 9.36 Å². The molecule has 0 aliphatic heterocycles. The van der Waals surface area contributed by atoms with Gasteiger partial charge in [0.2, 0.25) is 0 Å². The Hall–Kier alpha value is -2.70. The molecule has 0 unspecified atom stereocenters. The Morgan fingerprint density at radius 3 is 2.86 bits per heavy atom. The SMILES string of the molecule is Cc1ncn(CCNC(=O)Nc2cccc(F)c2)c(=O)c1C. The molecule has 2 aromatic rings. The van der Waals surface area contributed by atoms with Gasteiger partial charge in [-0.15, -0.1) is 0 Å². The van der Waals surface area contributed by atoms with Gasteiger partial charge in [0, 0.05) is 30.0 Å². The van der Waals surface area contributed by atoms with Gasteiger partial charge >= 0.3 is 6.03 Å². The second-order valence-corrected chi connectivity index (χ2v) is 4.84. The van der Waals surface area contributed by atoms with Gasteiger partial charge < -0.3 is 10.6 Å². The third-order valence-electron chi connectivity index (χ3n) is 3.24. The van der Waals surface area contributed by atoms with E-state index in [9.17, 15) is 14.0 Å². The second kappa shape index (κ2) is 6.84. The van der Waals surface area contributed by atoms with Crippen LogP contribution < -0.4 is 16.2 Å². The molecular weight excluding hydrogens is 287 g/mol. The van der Waals surface area contributed by atoms with Crippen molar-refractivity contribution in [3.05, 3.63) is 58.0 Å². The zero-order valence-electron chi connectivity index (χ0n) is 12.4. The predicted molar refractivity (Wildman–Crippen MR) is 81.4 cm³/mol. The molecule has 0 aliphatic rings. The summed E-state index contributed by atoms with van der Waals surface area (Å²) in [7, 11) is 0. The van der Waals surface area contributed by atoms with E-state index in [1.54, 1.807) is 19.9 Å². The fourth-order valence-electron chi connectivity index (χ4n) is 1.87. The number of rotatable bonds is 4. The number of urea groups is 1. The number of hydrogen-bond acceptors (Lipinski definition) is 3. The number of anilines is 1. The summed E-state index contributed by atoms with van der Waals surface area (Å²) < 4.78 is 14.4. The van der Waals surface area contributed by atoms with Crippen molar-refractivity contribution in [2.24, 2.45) is 0 Å². The van der Waals surface area contributed by atoms with Crippen LogP contribution in [0.5, 0.6) is 0 Å². The molecule has 0 aliphatic carbocycles. The topological polar surface area (TPSA) is 76.0 Å². The van der Waals surface area contributed by atoms with E-state index in [1.807, 2.05) is 0 Å². The van der Waals surface area contributed by atoms with Crippen molar-refractivity contribution in [2.75, 3.05) is 11.9 Å². The lowest BCUT2D eigenvalue weighted by Gasteiger charge is -2.10. The van der Waals surface area contributed by atoms with Crippen molar-refractivity contribution >= 4 is 11.7 Å².